The smallest absolute Gasteiger partial charge is 0.175 e. The second-order valence-corrected chi connectivity index (χ2v) is 4.62. The van der Waals surface area contributed by atoms with E-state index in [4.69, 9.17) is 4.74 Å². The number of benzene rings is 2. The predicted octanol–water partition coefficient (Wildman–Crippen LogP) is 1.52. The Labute approximate surface area is 119 Å². The summed E-state index contributed by atoms with van der Waals surface area (Å²) in [6.45, 7) is 0. The van der Waals surface area contributed by atoms with Crippen LogP contribution in [0.15, 0.2) is 42.2 Å². The van der Waals surface area contributed by atoms with Crippen LogP contribution >= 0.6 is 0 Å². The normalized spacial score (nSPS) is 17.3. The summed E-state index contributed by atoms with van der Waals surface area (Å²) >= 11 is 0. The summed E-state index contributed by atoms with van der Waals surface area (Å²) in [6.07, 6.45) is -1.54. The van der Waals surface area contributed by atoms with Crippen molar-refractivity contribution in [2.24, 2.45) is 0 Å². The van der Waals surface area contributed by atoms with E-state index in [1.165, 1.54) is 30.3 Å². The lowest BCUT2D eigenvalue weighted by atomic mass is 9.99. The Morgan fingerprint density at radius 1 is 0.952 bits per heavy atom. The molecule has 1 heterocycles. The number of phenolic OH excluding ortho intramolecular Hbond substituents is 2. The fourth-order valence-electron chi connectivity index (χ4n) is 2.18. The average Bonchev–Trinajstić information content (AvgIpc) is 2.43. The van der Waals surface area contributed by atoms with Gasteiger partial charge in [-0.05, 0) is 30.3 Å². The number of aliphatic hydroxyl groups is 2. The molecule has 1 aliphatic rings. The minimum absolute atomic E-state index is 0.0200. The van der Waals surface area contributed by atoms with Crippen LogP contribution in [0.2, 0.25) is 0 Å². The van der Waals surface area contributed by atoms with E-state index in [9.17, 15) is 25.5 Å². The van der Waals surface area contributed by atoms with Crippen molar-refractivity contribution >= 4 is 5.76 Å². The van der Waals surface area contributed by atoms with Crippen LogP contribution < -0.4 is 9.84 Å². The van der Waals surface area contributed by atoms with E-state index < -0.39 is 17.6 Å². The van der Waals surface area contributed by atoms with E-state index in [0.29, 0.717) is 5.56 Å². The predicted molar refractivity (Wildman–Crippen MR) is 70.8 cm³/mol. The molecule has 6 heteroatoms. The Kier molecular flexibility index (Phi) is 2.88. The van der Waals surface area contributed by atoms with E-state index in [-0.39, 0.29) is 28.6 Å². The Morgan fingerprint density at radius 2 is 1.62 bits per heavy atom. The van der Waals surface area contributed by atoms with Crippen LogP contribution in [-0.2, 0) is 0 Å². The van der Waals surface area contributed by atoms with Crippen molar-refractivity contribution in [3.05, 3.63) is 53.3 Å². The number of aliphatic hydroxyl groups excluding tert-OH is 2. The average molecular weight is 287 g/mol. The van der Waals surface area contributed by atoms with Gasteiger partial charge in [0.2, 0.25) is 0 Å². The molecule has 0 saturated heterocycles. The highest BCUT2D eigenvalue weighted by Gasteiger charge is 2.29. The van der Waals surface area contributed by atoms with Gasteiger partial charge in [-0.1, -0.05) is 5.75 Å². The Morgan fingerprint density at radius 3 is 2.29 bits per heavy atom. The second-order valence-electron chi connectivity index (χ2n) is 4.62. The van der Waals surface area contributed by atoms with Crippen molar-refractivity contribution in [3.63, 3.8) is 0 Å². The second kappa shape index (κ2) is 4.60. The summed E-state index contributed by atoms with van der Waals surface area (Å²) < 4.78 is 5.43. The topological polar surface area (TPSA) is 113 Å². The van der Waals surface area contributed by atoms with Crippen molar-refractivity contribution in [1.29, 1.82) is 0 Å². The van der Waals surface area contributed by atoms with Crippen LogP contribution in [0, 0.1) is 0 Å². The quantitative estimate of drug-likeness (QED) is 0.632. The zero-order valence-corrected chi connectivity index (χ0v) is 10.6. The molecule has 1 atom stereocenters. The molecular weight excluding hydrogens is 276 g/mol. The molecule has 0 radical (unpaired) electrons. The van der Waals surface area contributed by atoms with Gasteiger partial charge in [-0.25, -0.2) is 0 Å². The number of aromatic hydroxyl groups is 2. The van der Waals surface area contributed by atoms with E-state index in [1.807, 2.05) is 0 Å². The van der Waals surface area contributed by atoms with Gasteiger partial charge in [0.05, 0.1) is 0 Å². The third-order valence-corrected chi connectivity index (χ3v) is 3.20. The number of fused-ring (bicyclic) bond motifs is 1. The van der Waals surface area contributed by atoms with E-state index in [0.717, 1.165) is 6.07 Å². The summed E-state index contributed by atoms with van der Waals surface area (Å²) in [5, 5.41) is 50.6. The molecule has 21 heavy (non-hydrogen) atoms. The Bertz CT molecular complexity index is 733. The maximum Gasteiger partial charge on any atom is 0.175 e. The first-order chi connectivity index (χ1) is 9.97. The molecule has 0 fully saturated rings. The molecule has 0 unspecified atom stereocenters. The monoisotopic (exact) mass is 287 g/mol. The molecule has 1 aliphatic heterocycles. The number of rotatable bonds is 1. The van der Waals surface area contributed by atoms with Crippen molar-refractivity contribution in [2.75, 3.05) is 0 Å². The van der Waals surface area contributed by atoms with Gasteiger partial charge in [-0.15, -0.1) is 0 Å². The third kappa shape index (κ3) is 2.11. The Hall–Kier alpha value is -2.86. The van der Waals surface area contributed by atoms with Gasteiger partial charge >= 0.3 is 0 Å². The lowest BCUT2D eigenvalue weighted by molar-refractivity contribution is -0.270. The van der Waals surface area contributed by atoms with Crippen molar-refractivity contribution in [2.45, 2.75) is 6.10 Å². The fraction of sp³-hybridized carbons (Fsp3) is 0.0667. The summed E-state index contributed by atoms with van der Waals surface area (Å²) in [4.78, 5) is 0. The van der Waals surface area contributed by atoms with E-state index >= 15 is 0 Å². The molecular formula is C15H11O6-. The zero-order valence-electron chi connectivity index (χ0n) is 10.6. The van der Waals surface area contributed by atoms with Crippen molar-refractivity contribution < 1.29 is 30.3 Å². The van der Waals surface area contributed by atoms with Crippen LogP contribution in [0.3, 0.4) is 0 Å². The molecule has 0 spiro atoms. The van der Waals surface area contributed by atoms with Crippen molar-refractivity contribution in [3.8, 4) is 23.0 Å². The van der Waals surface area contributed by atoms with Crippen LogP contribution in [0.5, 0.6) is 23.0 Å². The van der Waals surface area contributed by atoms with Crippen LogP contribution in [0.25, 0.3) is 5.76 Å². The molecule has 0 aromatic heterocycles. The largest absolute Gasteiger partial charge is 0.872 e. The highest BCUT2D eigenvalue weighted by molar-refractivity contribution is 5.70. The van der Waals surface area contributed by atoms with Gasteiger partial charge in [0.25, 0.3) is 0 Å². The van der Waals surface area contributed by atoms with Gasteiger partial charge in [0, 0.05) is 17.2 Å². The summed E-state index contributed by atoms with van der Waals surface area (Å²) in [5.74, 6) is -1.45. The Balaban J connectivity index is 2.12. The standard InChI is InChI=1S/C15H12O6/c16-8-3-1-7(2-4-8)15-14(20)13(19)12-10(18)5-9(17)6-11(12)21-15/h1-6,13,16-20H/p-1/t13-/m0/s1. The molecule has 6 nitrogen and oxygen atoms in total. The molecule has 0 aliphatic carbocycles. The molecule has 0 bridgehead atoms. The molecule has 4 N–H and O–H groups in total. The number of hydrogen-bond acceptors (Lipinski definition) is 6. The van der Waals surface area contributed by atoms with Gasteiger partial charge < -0.3 is 30.3 Å². The highest BCUT2D eigenvalue weighted by atomic mass is 16.5. The first-order valence-corrected chi connectivity index (χ1v) is 6.09. The van der Waals surface area contributed by atoms with Gasteiger partial charge in [0.1, 0.15) is 23.4 Å². The minimum atomic E-state index is -1.54. The molecule has 108 valence electrons. The van der Waals surface area contributed by atoms with Gasteiger partial charge in [0.15, 0.2) is 11.5 Å². The maximum absolute atomic E-state index is 11.8. The number of hydrogen-bond donors (Lipinski definition) is 4. The first kappa shape index (κ1) is 13.1. The fourth-order valence-corrected chi connectivity index (χ4v) is 2.18. The molecule has 2 aromatic rings. The third-order valence-electron chi connectivity index (χ3n) is 3.20. The lowest BCUT2D eigenvalue weighted by Gasteiger charge is -2.28. The molecule has 0 amide bonds. The molecule has 3 rings (SSSR count). The van der Waals surface area contributed by atoms with E-state index in [2.05, 4.69) is 0 Å². The van der Waals surface area contributed by atoms with Crippen LogP contribution in [0.1, 0.15) is 17.2 Å². The molecule has 0 saturated carbocycles. The molecule has 2 aromatic carbocycles. The SMILES string of the molecule is [O-]c1cc(O)cc2c1[C@H](O)C(O)=C(c1ccc(O)cc1)O2. The van der Waals surface area contributed by atoms with Gasteiger partial charge in [-0.3, -0.25) is 0 Å². The van der Waals surface area contributed by atoms with E-state index in [1.54, 1.807) is 0 Å². The van der Waals surface area contributed by atoms with Crippen LogP contribution in [-0.4, -0.2) is 20.4 Å². The number of phenols is 2. The zero-order chi connectivity index (χ0) is 15.1. The lowest BCUT2D eigenvalue weighted by Crippen LogP contribution is -2.16. The highest BCUT2D eigenvalue weighted by Crippen LogP contribution is 2.45. The summed E-state index contributed by atoms with van der Waals surface area (Å²) in [5.41, 5.74) is 0.277. The summed E-state index contributed by atoms with van der Waals surface area (Å²) in [6, 6.07) is 7.88. The van der Waals surface area contributed by atoms with Gasteiger partial charge in [-0.2, -0.15) is 0 Å². The summed E-state index contributed by atoms with van der Waals surface area (Å²) in [7, 11) is 0. The number of ether oxygens (including phenoxy) is 1. The van der Waals surface area contributed by atoms with Crippen LogP contribution in [0.4, 0.5) is 0 Å². The van der Waals surface area contributed by atoms with Crippen molar-refractivity contribution in [1.82, 2.24) is 0 Å². The first-order valence-electron chi connectivity index (χ1n) is 6.09. The maximum atomic E-state index is 11.8. The minimum Gasteiger partial charge on any atom is -0.872 e.